The molecule has 0 saturated heterocycles. The minimum absolute atomic E-state index is 0.115. The van der Waals surface area contributed by atoms with Gasteiger partial charge < -0.3 is 4.90 Å². The van der Waals surface area contributed by atoms with Crippen LogP contribution in [-0.2, 0) is 6.54 Å². The Kier molecular flexibility index (Phi) is 3.19. The van der Waals surface area contributed by atoms with Gasteiger partial charge in [0.05, 0.1) is 6.54 Å². The molecule has 1 aromatic rings. The third-order valence-electron chi connectivity index (χ3n) is 1.76. The largest absolute Gasteiger partial charge is 0.302 e. The van der Waals surface area contributed by atoms with Gasteiger partial charge in [-0.05, 0) is 27.1 Å². The maximum Gasteiger partial charge on any atom is 0.194 e. The summed E-state index contributed by atoms with van der Waals surface area (Å²) in [5, 5.41) is 4.04. The van der Waals surface area contributed by atoms with E-state index in [0.29, 0.717) is 12.2 Å². The topological polar surface area (TPSA) is 38.1 Å². The highest BCUT2D eigenvalue weighted by atomic mass is 16.1. The normalized spacial score (nSPS) is 10.8. The van der Waals surface area contributed by atoms with E-state index in [-0.39, 0.29) is 5.78 Å². The minimum Gasteiger partial charge on any atom is -0.302 e. The van der Waals surface area contributed by atoms with E-state index in [1.54, 1.807) is 16.9 Å². The Bertz CT molecular complexity index is 291. The fourth-order valence-corrected chi connectivity index (χ4v) is 1.19. The van der Waals surface area contributed by atoms with E-state index < -0.39 is 0 Å². The predicted octanol–water partition coefficient (Wildman–Crippen LogP) is 0.647. The molecular formula is C9H15N3O. The number of rotatable bonds is 4. The monoisotopic (exact) mass is 181 g/mol. The van der Waals surface area contributed by atoms with Gasteiger partial charge in [0.1, 0.15) is 5.69 Å². The summed E-state index contributed by atoms with van der Waals surface area (Å²) in [5.41, 5.74) is 0.691. The Hall–Kier alpha value is -1.16. The molecule has 72 valence electrons. The van der Waals surface area contributed by atoms with Gasteiger partial charge in [0.25, 0.3) is 0 Å². The first-order valence-electron chi connectivity index (χ1n) is 4.35. The summed E-state index contributed by atoms with van der Waals surface area (Å²) in [6.07, 6.45) is 1.66. The van der Waals surface area contributed by atoms with Crippen molar-refractivity contribution in [2.75, 3.05) is 20.6 Å². The van der Waals surface area contributed by atoms with Crippen LogP contribution in [0.5, 0.6) is 0 Å². The zero-order chi connectivity index (χ0) is 9.84. The van der Waals surface area contributed by atoms with Gasteiger partial charge in [0.2, 0.25) is 0 Å². The second-order valence-electron chi connectivity index (χ2n) is 3.19. The molecular weight excluding hydrogens is 166 g/mol. The molecule has 0 N–H and O–H groups in total. The van der Waals surface area contributed by atoms with Crippen molar-refractivity contribution < 1.29 is 4.79 Å². The number of nitrogens with zero attached hydrogens (tertiary/aromatic N) is 3. The maximum atomic E-state index is 11.6. The van der Waals surface area contributed by atoms with E-state index in [0.717, 1.165) is 6.54 Å². The minimum atomic E-state index is 0.115. The molecule has 0 saturated carbocycles. The summed E-state index contributed by atoms with van der Waals surface area (Å²) < 4.78 is 1.71. The van der Waals surface area contributed by atoms with Crippen LogP contribution in [0.25, 0.3) is 0 Å². The fourth-order valence-electron chi connectivity index (χ4n) is 1.19. The number of likely N-dealkylation sites (N-methyl/N-ethyl adjacent to an activating group) is 1. The van der Waals surface area contributed by atoms with Crippen LogP contribution in [0.1, 0.15) is 17.4 Å². The second kappa shape index (κ2) is 4.18. The first kappa shape index (κ1) is 9.92. The van der Waals surface area contributed by atoms with Crippen molar-refractivity contribution in [3.8, 4) is 0 Å². The molecule has 4 heteroatoms. The third-order valence-corrected chi connectivity index (χ3v) is 1.76. The van der Waals surface area contributed by atoms with E-state index >= 15 is 0 Å². The molecule has 13 heavy (non-hydrogen) atoms. The Labute approximate surface area is 78.1 Å². The molecule has 0 unspecified atom stereocenters. The lowest BCUT2D eigenvalue weighted by Crippen LogP contribution is -2.23. The van der Waals surface area contributed by atoms with Crippen LogP contribution in [0.4, 0.5) is 0 Å². The number of carbonyl (C=O) groups is 1. The van der Waals surface area contributed by atoms with E-state index in [9.17, 15) is 4.79 Å². The number of ketones is 1. The molecule has 0 aliphatic carbocycles. The highest BCUT2D eigenvalue weighted by molar-refractivity contribution is 5.95. The number of hydrogen-bond acceptors (Lipinski definition) is 3. The van der Waals surface area contributed by atoms with Crippen LogP contribution in [0.2, 0.25) is 0 Å². The zero-order valence-electron chi connectivity index (χ0n) is 8.32. The molecule has 0 atom stereocenters. The molecule has 0 aromatic carbocycles. The number of Topliss-reactive ketones (excluding diaryl/α,β-unsaturated/α-hetero) is 1. The summed E-state index contributed by atoms with van der Waals surface area (Å²) in [6, 6.07) is 1.76. The van der Waals surface area contributed by atoms with Gasteiger partial charge in [0, 0.05) is 12.7 Å². The van der Waals surface area contributed by atoms with Crippen molar-refractivity contribution in [2.24, 2.45) is 0 Å². The lowest BCUT2D eigenvalue weighted by atomic mass is 10.3. The van der Waals surface area contributed by atoms with Gasteiger partial charge in [-0.2, -0.15) is 5.10 Å². The van der Waals surface area contributed by atoms with Crippen LogP contribution in [0.15, 0.2) is 12.3 Å². The van der Waals surface area contributed by atoms with Gasteiger partial charge in [-0.15, -0.1) is 0 Å². The zero-order valence-corrected chi connectivity index (χ0v) is 8.32. The SMILES string of the molecule is CCn1nccc1C(=O)CN(C)C. The lowest BCUT2D eigenvalue weighted by molar-refractivity contribution is 0.0947. The summed E-state index contributed by atoms with van der Waals surface area (Å²) >= 11 is 0. The van der Waals surface area contributed by atoms with Gasteiger partial charge in [-0.25, -0.2) is 0 Å². The molecule has 1 aromatic heterocycles. The van der Waals surface area contributed by atoms with Crippen molar-refractivity contribution in [1.29, 1.82) is 0 Å². The number of hydrogen-bond donors (Lipinski definition) is 0. The Morgan fingerprint density at radius 2 is 2.31 bits per heavy atom. The van der Waals surface area contributed by atoms with Crippen molar-refractivity contribution in [3.63, 3.8) is 0 Å². The highest BCUT2D eigenvalue weighted by Gasteiger charge is 2.11. The van der Waals surface area contributed by atoms with Crippen LogP contribution in [0, 0.1) is 0 Å². The number of carbonyl (C=O) groups excluding carboxylic acids is 1. The van der Waals surface area contributed by atoms with Gasteiger partial charge in [-0.3, -0.25) is 9.48 Å². The Balaban J connectivity index is 2.76. The van der Waals surface area contributed by atoms with Crippen LogP contribution < -0.4 is 0 Å². The quantitative estimate of drug-likeness (QED) is 0.640. The molecule has 0 amide bonds. The summed E-state index contributed by atoms with van der Waals surface area (Å²) in [7, 11) is 3.76. The van der Waals surface area contributed by atoms with Gasteiger partial charge in [-0.1, -0.05) is 0 Å². The lowest BCUT2D eigenvalue weighted by Gasteiger charge is -2.08. The van der Waals surface area contributed by atoms with E-state index in [1.165, 1.54) is 0 Å². The van der Waals surface area contributed by atoms with E-state index in [4.69, 9.17) is 0 Å². The van der Waals surface area contributed by atoms with Crippen molar-refractivity contribution in [3.05, 3.63) is 18.0 Å². The van der Waals surface area contributed by atoms with Crippen LogP contribution in [-0.4, -0.2) is 41.1 Å². The standard InChI is InChI=1S/C9H15N3O/c1-4-12-8(5-6-10-12)9(13)7-11(2)3/h5-6H,4,7H2,1-3H3. The van der Waals surface area contributed by atoms with Crippen LogP contribution in [0.3, 0.4) is 0 Å². The second-order valence-corrected chi connectivity index (χ2v) is 3.19. The molecule has 0 bridgehead atoms. The Morgan fingerprint density at radius 1 is 1.62 bits per heavy atom. The first-order valence-corrected chi connectivity index (χ1v) is 4.35. The molecule has 0 aliphatic rings. The van der Waals surface area contributed by atoms with Crippen molar-refractivity contribution >= 4 is 5.78 Å². The van der Waals surface area contributed by atoms with E-state index in [2.05, 4.69) is 5.10 Å². The molecule has 0 fully saturated rings. The maximum absolute atomic E-state index is 11.6. The number of aromatic nitrogens is 2. The molecule has 1 rings (SSSR count). The third kappa shape index (κ3) is 2.39. The number of aryl methyl sites for hydroxylation is 1. The van der Waals surface area contributed by atoms with Crippen molar-refractivity contribution in [1.82, 2.24) is 14.7 Å². The smallest absolute Gasteiger partial charge is 0.194 e. The molecule has 1 heterocycles. The fraction of sp³-hybridized carbons (Fsp3) is 0.556. The molecule has 4 nitrogen and oxygen atoms in total. The molecule has 0 aliphatic heterocycles. The average Bonchev–Trinajstić information content (AvgIpc) is 2.49. The summed E-state index contributed by atoms with van der Waals surface area (Å²) in [5.74, 6) is 0.115. The van der Waals surface area contributed by atoms with Gasteiger partial charge in [0.15, 0.2) is 5.78 Å². The average molecular weight is 181 g/mol. The predicted molar refractivity (Wildman–Crippen MR) is 50.8 cm³/mol. The van der Waals surface area contributed by atoms with Gasteiger partial charge >= 0.3 is 0 Å². The Morgan fingerprint density at radius 3 is 2.85 bits per heavy atom. The summed E-state index contributed by atoms with van der Waals surface area (Å²) in [6.45, 7) is 3.15. The van der Waals surface area contributed by atoms with Crippen molar-refractivity contribution in [2.45, 2.75) is 13.5 Å². The molecule has 0 spiro atoms. The summed E-state index contributed by atoms with van der Waals surface area (Å²) in [4.78, 5) is 13.4. The van der Waals surface area contributed by atoms with Crippen LogP contribution >= 0.6 is 0 Å². The highest BCUT2D eigenvalue weighted by Crippen LogP contribution is 2.00. The van der Waals surface area contributed by atoms with E-state index in [1.807, 2.05) is 25.9 Å². The molecule has 0 radical (unpaired) electrons. The first-order chi connectivity index (χ1) is 6.15.